The van der Waals surface area contributed by atoms with E-state index >= 15 is 0 Å². The molecule has 1 aliphatic rings. The zero-order chi connectivity index (χ0) is 9.42. The molecule has 0 saturated carbocycles. The highest BCUT2D eigenvalue weighted by atomic mass is 32.1. The molecule has 1 N–H and O–H groups in total. The molecule has 0 saturated heterocycles. The highest BCUT2D eigenvalue weighted by molar-refractivity contribution is 7.09. The van der Waals surface area contributed by atoms with Crippen LogP contribution in [-0.4, -0.2) is 18.5 Å². The summed E-state index contributed by atoms with van der Waals surface area (Å²) in [5.74, 6) is 0.119. The summed E-state index contributed by atoms with van der Waals surface area (Å²) in [5, 5.41) is 7.39. The number of carbonyl (C=O) groups excluding carboxylic acids is 1. The van der Waals surface area contributed by atoms with Crippen LogP contribution in [0.15, 0.2) is 10.8 Å². The molecule has 1 atom stereocenters. The number of fused-ring (bicyclic) bond motifs is 1. The van der Waals surface area contributed by atoms with Crippen LogP contribution in [-0.2, 0) is 4.79 Å². The van der Waals surface area contributed by atoms with Crippen molar-refractivity contribution in [2.75, 3.05) is 16.8 Å². The second-order valence-corrected chi connectivity index (χ2v) is 4.09. The van der Waals surface area contributed by atoms with Gasteiger partial charge in [-0.2, -0.15) is 0 Å². The minimum absolute atomic E-state index is 0.119. The molecule has 0 aromatic carbocycles. The number of hydrogen-bond acceptors (Lipinski definition) is 3. The molecule has 4 heteroatoms. The highest BCUT2D eigenvalue weighted by Crippen LogP contribution is 2.34. The first-order valence-electron chi connectivity index (χ1n) is 4.29. The van der Waals surface area contributed by atoms with E-state index in [1.807, 2.05) is 15.7 Å². The van der Waals surface area contributed by atoms with Crippen LogP contribution >= 0.6 is 11.3 Å². The maximum absolute atomic E-state index is 11.3. The first-order valence-corrected chi connectivity index (χ1v) is 5.23. The second-order valence-electron chi connectivity index (χ2n) is 3.35. The number of carbonyl (C=O) groups is 1. The van der Waals surface area contributed by atoms with Gasteiger partial charge in [-0.3, -0.25) is 4.79 Å². The quantitative estimate of drug-likeness (QED) is 0.687. The van der Waals surface area contributed by atoms with Crippen molar-refractivity contribution in [1.82, 2.24) is 0 Å². The SMILES string of the molecule is CC(=O)N1CC(C)Nc2cscc21. The third-order valence-corrected chi connectivity index (χ3v) is 2.90. The molecule has 2 heterocycles. The van der Waals surface area contributed by atoms with Crippen LogP contribution in [0.3, 0.4) is 0 Å². The van der Waals surface area contributed by atoms with Crippen LogP contribution in [0.5, 0.6) is 0 Å². The number of rotatable bonds is 0. The van der Waals surface area contributed by atoms with Crippen molar-refractivity contribution in [2.45, 2.75) is 19.9 Å². The van der Waals surface area contributed by atoms with Gasteiger partial charge in [-0.05, 0) is 6.92 Å². The predicted octanol–water partition coefficient (Wildman–Crippen LogP) is 1.91. The molecule has 0 fully saturated rings. The van der Waals surface area contributed by atoms with Crippen LogP contribution in [0.25, 0.3) is 0 Å². The van der Waals surface area contributed by atoms with Gasteiger partial charge >= 0.3 is 0 Å². The number of amides is 1. The topological polar surface area (TPSA) is 32.3 Å². The van der Waals surface area contributed by atoms with E-state index in [0.717, 1.165) is 17.9 Å². The van der Waals surface area contributed by atoms with Crippen LogP contribution < -0.4 is 10.2 Å². The lowest BCUT2D eigenvalue weighted by Gasteiger charge is -2.31. The lowest BCUT2D eigenvalue weighted by molar-refractivity contribution is -0.116. The molecule has 1 amide bonds. The number of nitrogens with one attached hydrogen (secondary N) is 1. The van der Waals surface area contributed by atoms with Gasteiger partial charge in [0.25, 0.3) is 0 Å². The van der Waals surface area contributed by atoms with Crippen LogP contribution in [0.1, 0.15) is 13.8 Å². The molecule has 13 heavy (non-hydrogen) atoms. The number of nitrogens with zero attached hydrogens (tertiary/aromatic N) is 1. The van der Waals surface area contributed by atoms with Gasteiger partial charge in [-0.25, -0.2) is 0 Å². The summed E-state index contributed by atoms with van der Waals surface area (Å²) in [7, 11) is 0. The van der Waals surface area contributed by atoms with Gasteiger partial charge in [0, 0.05) is 30.3 Å². The summed E-state index contributed by atoms with van der Waals surface area (Å²) in [6, 6.07) is 0.339. The first kappa shape index (κ1) is 8.56. The molecule has 2 rings (SSSR count). The maximum atomic E-state index is 11.3. The van der Waals surface area contributed by atoms with Gasteiger partial charge in [-0.1, -0.05) is 0 Å². The van der Waals surface area contributed by atoms with Crippen molar-refractivity contribution in [3.05, 3.63) is 10.8 Å². The van der Waals surface area contributed by atoms with Crippen LogP contribution in [0.2, 0.25) is 0 Å². The summed E-state index contributed by atoms with van der Waals surface area (Å²) in [5.41, 5.74) is 2.11. The van der Waals surface area contributed by atoms with Crippen LogP contribution in [0, 0.1) is 0 Å². The first-order chi connectivity index (χ1) is 6.18. The lowest BCUT2D eigenvalue weighted by atomic mass is 10.2. The van der Waals surface area contributed by atoms with Crippen molar-refractivity contribution in [2.24, 2.45) is 0 Å². The normalized spacial score (nSPS) is 20.8. The Morgan fingerprint density at radius 1 is 1.69 bits per heavy atom. The molecule has 1 unspecified atom stereocenters. The Balaban J connectivity index is 2.38. The fraction of sp³-hybridized carbons (Fsp3) is 0.444. The second kappa shape index (κ2) is 3.03. The average Bonchev–Trinajstić information content (AvgIpc) is 2.49. The lowest BCUT2D eigenvalue weighted by Crippen LogP contribution is -2.41. The van der Waals surface area contributed by atoms with Crippen molar-refractivity contribution in [3.8, 4) is 0 Å². The Morgan fingerprint density at radius 2 is 2.46 bits per heavy atom. The van der Waals surface area contributed by atoms with Gasteiger partial charge in [0.05, 0.1) is 11.4 Å². The Bertz CT molecular complexity index is 334. The van der Waals surface area contributed by atoms with Crippen molar-refractivity contribution in [1.29, 1.82) is 0 Å². The van der Waals surface area contributed by atoms with E-state index in [0.29, 0.717) is 6.04 Å². The van der Waals surface area contributed by atoms with Gasteiger partial charge in [0.1, 0.15) is 0 Å². The fourth-order valence-electron chi connectivity index (χ4n) is 1.59. The molecule has 1 aromatic rings. The smallest absolute Gasteiger partial charge is 0.224 e. The van der Waals surface area contributed by atoms with E-state index in [-0.39, 0.29) is 5.91 Å². The summed E-state index contributed by atoms with van der Waals surface area (Å²) in [6.45, 7) is 4.45. The summed E-state index contributed by atoms with van der Waals surface area (Å²) in [4.78, 5) is 13.1. The molecule has 1 aromatic heterocycles. The van der Waals surface area contributed by atoms with Gasteiger partial charge in [0.15, 0.2) is 0 Å². The van der Waals surface area contributed by atoms with Crippen LogP contribution in [0.4, 0.5) is 11.4 Å². The van der Waals surface area contributed by atoms with Gasteiger partial charge in [0.2, 0.25) is 5.91 Å². The molecule has 70 valence electrons. The third kappa shape index (κ3) is 1.42. The predicted molar refractivity (Wildman–Crippen MR) is 55.4 cm³/mol. The number of hydrogen-bond donors (Lipinski definition) is 1. The van der Waals surface area contributed by atoms with E-state index in [4.69, 9.17) is 0 Å². The minimum Gasteiger partial charge on any atom is -0.378 e. The molecular formula is C9H12N2OS. The van der Waals surface area contributed by atoms with Gasteiger partial charge < -0.3 is 10.2 Å². The molecule has 0 bridgehead atoms. The highest BCUT2D eigenvalue weighted by Gasteiger charge is 2.23. The molecule has 0 aliphatic carbocycles. The molecule has 3 nitrogen and oxygen atoms in total. The van der Waals surface area contributed by atoms with E-state index in [1.54, 1.807) is 18.3 Å². The van der Waals surface area contributed by atoms with Gasteiger partial charge in [-0.15, -0.1) is 11.3 Å². The average molecular weight is 196 g/mol. The third-order valence-electron chi connectivity index (χ3n) is 2.17. The van der Waals surface area contributed by atoms with E-state index < -0.39 is 0 Å². The van der Waals surface area contributed by atoms with E-state index in [1.165, 1.54) is 0 Å². The summed E-state index contributed by atoms with van der Waals surface area (Å²) in [6.07, 6.45) is 0. The molecule has 0 spiro atoms. The molecular weight excluding hydrogens is 184 g/mol. The Labute approximate surface area is 81.4 Å². The Hall–Kier alpha value is -1.03. The van der Waals surface area contributed by atoms with Crippen molar-refractivity contribution < 1.29 is 4.79 Å². The Kier molecular flexibility index (Phi) is 2.00. The molecule has 1 aliphatic heterocycles. The monoisotopic (exact) mass is 196 g/mol. The van der Waals surface area contributed by atoms with E-state index in [2.05, 4.69) is 12.2 Å². The number of anilines is 2. The minimum atomic E-state index is 0.119. The summed E-state index contributed by atoms with van der Waals surface area (Å²) >= 11 is 1.62. The standard InChI is InChI=1S/C9H12N2OS/c1-6-3-11(7(2)12)9-5-13-4-8(9)10-6/h4-6,10H,3H2,1-2H3. The van der Waals surface area contributed by atoms with Crippen molar-refractivity contribution in [3.63, 3.8) is 0 Å². The zero-order valence-corrected chi connectivity index (χ0v) is 8.52. The maximum Gasteiger partial charge on any atom is 0.224 e. The summed E-state index contributed by atoms with van der Waals surface area (Å²) < 4.78 is 0. The largest absolute Gasteiger partial charge is 0.378 e. The number of thiophene rings is 1. The molecule has 0 radical (unpaired) electrons. The fourth-order valence-corrected chi connectivity index (χ4v) is 2.36. The zero-order valence-electron chi connectivity index (χ0n) is 7.70. The Morgan fingerprint density at radius 3 is 3.15 bits per heavy atom. The van der Waals surface area contributed by atoms with E-state index in [9.17, 15) is 4.79 Å². The van der Waals surface area contributed by atoms with Crippen molar-refractivity contribution >= 4 is 28.6 Å².